The molecule has 3 aromatic rings. The lowest BCUT2D eigenvalue weighted by molar-refractivity contribution is 1.07. The minimum atomic E-state index is 0.732. The van der Waals surface area contributed by atoms with E-state index in [1.165, 1.54) is 0 Å². The molecule has 0 amide bonds. The zero-order valence-electron chi connectivity index (χ0n) is 11.3. The quantitative estimate of drug-likeness (QED) is 0.649. The molecule has 0 bridgehead atoms. The van der Waals surface area contributed by atoms with E-state index in [2.05, 4.69) is 50.1 Å². The maximum absolute atomic E-state index is 6.11. The first kappa shape index (κ1) is 14.2. The zero-order chi connectivity index (χ0) is 14.7. The first-order valence-corrected chi connectivity index (χ1v) is 7.81. The summed E-state index contributed by atoms with van der Waals surface area (Å²) in [5.41, 5.74) is 3.37. The van der Waals surface area contributed by atoms with Crippen molar-refractivity contribution in [3.05, 3.63) is 82.0 Å². The third-order valence-corrected chi connectivity index (χ3v) is 4.46. The molecule has 0 aliphatic carbocycles. The number of nitrogens with one attached hydrogen (secondary N) is 1. The van der Waals surface area contributed by atoms with Crippen LogP contribution in [0, 0.1) is 0 Å². The molecule has 0 saturated heterocycles. The molecular formula is C17H14BrClN2. The Morgan fingerprint density at radius 2 is 1.81 bits per heavy atom. The molecule has 1 aromatic heterocycles. The summed E-state index contributed by atoms with van der Waals surface area (Å²) in [7, 11) is 0. The van der Waals surface area contributed by atoms with Crippen LogP contribution in [-0.4, -0.2) is 4.57 Å². The lowest BCUT2D eigenvalue weighted by atomic mass is 10.2. The molecule has 0 aliphatic rings. The lowest BCUT2D eigenvalue weighted by Crippen LogP contribution is -2.00. The Labute approximate surface area is 137 Å². The van der Waals surface area contributed by atoms with E-state index in [-0.39, 0.29) is 0 Å². The average Bonchev–Trinajstić information content (AvgIpc) is 3.03. The molecule has 0 fully saturated rings. The molecule has 2 nitrogen and oxygen atoms in total. The van der Waals surface area contributed by atoms with Gasteiger partial charge in [0, 0.05) is 34.8 Å². The van der Waals surface area contributed by atoms with Gasteiger partial charge >= 0.3 is 0 Å². The van der Waals surface area contributed by atoms with Crippen molar-refractivity contribution < 1.29 is 0 Å². The van der Waals surface area contributed by atoms with Gasteiger partial charge < -0.3 is 9.88 Å². The molecular weight excluding hydrogens is 348 g/mol. The van der Waals surface area contributed by atoms with E-state index < -0.39 is 0 Å². The second-order valence-corrected chi connectivity index (χ2v) is 6.00. The molecule has 4 heteroatoms. The molecule has 1 N–H and O–H groups in total. The van der Waals surface area contributed by atoms with Crippen molar-refractivity contribution in [3.8, 4) is 5.69 Å². The van der Waals surface area contributed by atoms with E-state index in [0.29, 0.717) is 0 Å². The molecule has 1 heterocycles. The van der Waals surface area contributed by atoms with Crippen molar-refractivity contribution in [3.63, 3.8) is 0 Å². The molecule has 2 aromatic carbocycles. The van der Waals surface area contributed by atoms with Crippen molar-refractivity contribution in [1.29, 1.82) is 0 Å². The van der Waals surface area contributed by atoms with Gasteiger partial charge in [-0.05, 0) is 64.0 Å². The van der Waals surface area contributed by atoms with Crippen molar-refractivity contribution >= 4 is 33.2 Å². The summed E-state index contributed by atoms with van der Waals surface area (Å²) in [6.07, 6.45) is 4.07. The van der Waals surface area contributed by atoms with Crippen LogP contribution in [0.5, 0.6) is 0 Å². The Morgan fingerprint density at radius 3 is 2.57 bits per heavy atom. The second-order valence-electron chi connectivity index (χ2n) is 4.74. The highest BCUT2D eigenvalue weighted by Crippen LogP contribution is 2.24. The lowest BCUT2D eigenvalue weighted by Gasteiger charge is -2.10. The average molecular weight is 362 g/mol. The summed E-state index contributed by atoms with van der Waals surface area (Å²) >= 11 is 9.51. The summed E-state index contributed by atoms with van der Waals surface area (Å²) < 4.78 is 3.00. The standard InChI is InChI=1S/C17H14BrClN2/c18-16-7-6-13(10-17(16)19)12-20-14-4-3-5-15(11-14)21-8-1-2-9-21/h1-11,20H,12H2. The van der Waals surface area contributed by atoms with E-state index in [9.17, 15) is 0 Å². The fourth-order valence-corrected chi connectivity index (χ4v) is 2.59. The number of hydrogen-bond acceptors (Lipinski definition) is 1. The monoisotopic (exact) mass is 360 g/mol. The molecule has 0 saturated carbocycles. The van der Waals surface area contributed by atoms with Crippen LogP contribution in [0.25, 0.3) is 5.69 Å². The number of aromatic nitrogens is 1. The van der Waals surface area contributed by atoms with E-state index in [4.69, 9.17) is 11.6 Å². The Kier molecular flexibility index (Phi) is 4.32. The van der Waals surface area contributed by atoms with Gasteiger partial charge in [0.1, 0.15) is 0 Å². The molecule has 21 heavy (non-hydrogen) atoms. The van der Waals surface area contributed by atoms with Crippen LogP contribution in [0.1, 0.15) is 5.56 Å². The highest BCUT2D eigenvalue weighted by molar-refractivity contribution is 9.10. The summed E-state index contributed by atoms with van der Waals surface area (Å²) in [6, 6.07) is 18.3. The first-order chi connectivity index (χ1) is 10.2. The number of hydrogen-bond donors (Lipinski definition) is 1. The highest BCUT2D eigenvalue weighted by Gasteiger charge is 2.01. The Morgan fingerprint density at radius 1 is 1.00 bits per heavy atom. The number of halogens is 2. The zero-order valence-corrected chi connectivity index (χ0v) is 13.6. The molecule has 0 aliphatic heterocycles. The SMILES string of the molecule is Clc1cc(CNc2cccc(-n3cccc3)c2)ccc1Br. The molecule has 3 rings (SSSR count). The predicted molar refractivity (Wildman–Crippen MR) is 92.2 cm³/mol. The van der Waals surface area contributed by atoms with Gasteiger partial charge in [0.25, 0.3) is 0 Å². The van der Waals surface area contributed by atoms with Crippen LogP contribution in [-0.2, 0) is 6.54 Å². The molecule has 0 atom stereocenters. The largest absolute Gasteiger partial charge is 0.381 e. The summed E-state index contributed by atoms with van der Waals surface area (Å²) in [5.74, 6) is 0. The van der Waals surface area contributed by atoms with Crippen molar-refractivity contribution in [2.45, 2.75) is 6.54 Å². The van der Waals surface area contributed by atoms with Gasteiger partial charge in [-0.3, -0.25) is 0 Å². The minimum Gasteiger partial charge on any atom is -0.381 e. The summed E-state index contributed by atoms with van der Waals surface area (Å²) in [5, 5.41) is 4.15. The van der Waals surface area contributed by atoms with Crippen molar-refractivity contribution in [2.24, 2.45) is 0 Å². The van der Waals surface area contributed by atoms with Gasteiger partial charge in [0.15, 0.2) is 0 Å². The van der Waals surface area contributed by atoms with Gasteiger partial charge in [-0.1, -0.05) is 23.7 Å². The van der Waals surface area contributed by atoms with Gasteiger partial charge in [-0.25, -0.2) is 0 Å². The normalized spacial score (nSPS) is 10.6. The van der Waals surface area contributed by atoms with Crippen LogP contribution >= 0.6 is 27.5 Å². The third kappa shape index (κ3) is 3.49. The molecule has 0 radical (unpaired) electrons. The highest BCUT2D eigenvalue weighted by atomic mass is 79.9. The second kappa shape index (κ2) is 6.37. The first-order valence-electron chi connectivity index (χ1n) is 6.63. The van der Waals surface area contributed by atoms with Gasteiger partial charge in [0.2, 0.25) is 0 Å². The number of anilines is 1. The fourth-order valence-electron chi connectivity index (χ4n) is 2.14. The topological polar surface area (TPSA) is 17.0 Å². The summed E-state index contributed by atoms with van der Waals surface area (Å²) in [4.78, 5) is 0. The van der Waals surface area contributed by atoms with Crippen LogP contribution < -0.4 is 5.32 Å². The smallest absolute Gasteiger partial charge is 0.0551 e. The Balaban J connectivity index is 1.73. The van der Waals surface area contributed by atoms with E-state index >= 15 is 0 Å². The predicted octanol–water partition coefficient (Wildman–Crippen LogP) is 5.51. The summed E-state index contributed by atoms with van der Waals surface area (Å²) in [6.45, 7) is 0.738. The number of rotatable bonds is 4. The van der Waals surface area contributed by atoms with Crippen LogP contribution in [0.4, 0.5) is 5.69 Å². The molecule has 0 unspecified atom stereocenters. The van der Waals surface area contributed by atoms with Gasteiger partial charge in [0.05, 0.1) is 5.02 Å². The third-order valence-electron chi connectivity index (χ3n) is 3.23. The van der Waals surface area contributed by atoms with Crippen LogP contribution in [0.2, 0.25) is 5.02 Å². The van der Waals surface area contributed by atoms with E-state index in [1.807, 2.05) is 42.7 Å². The van der Waals surface area contributed by atoms with E-state index in [1.54, 1.807) is 0 Å². The molecule has 0 spiro atoms. The number of nitrogens with zero attached hydrogens (tertiary/aromatic N) is 1. The fraction of sp³-hybridized carbons (Fsp3) is 0.0588. The van der Waals surface area contributed by atoms with Gasteiger partial charge in [-0.2, -0.15) is 0 Å². The molecule has 106 valence electrons. The van der Waals surface area contributed by atoms with E-state index in [0.717, 1.165) is 33.0 Å². The maximum atomic E-state index is 6.11. The maximum Gasteiger partial charge on any atom is 0.0551 e. The number of benzene rings is 2. The van der Waals surface area contributed by atoms with Crippen LogP contribution in [0.3, 0.4) is 0 Å². The van der Waals surface area contributed by atoms with Crippen molar-refractivity contribution in [1.82, 2.24) is 4.57 Å². The Bertz CT molecular complexity index is 738. The minimum absolute atomic E-state index is 0.732. The van der Waals surface area contributed by atoms with Crippen molar-refractivity contribution in [2.75, 3.05) is 5.32 Å². The van der Waals surface area contributed by atoms with Crippen LogP contribution in [0.15, 0.2) is 71.5 Å². The Hall–Kier alpha value is -1.71. The van der Waals surface area contributed by atoms with Gasteiger partial charge in [-0.15, -0.1) is 0 Å².